The van der Waals surface area contributed by atoms with Gasteiger partial charge in [0.1, 0.15) is 5.75 Å². The zero-order valence-electron chi connectivity index (χ0n) is 13.7. The fraction of sp³-hybridized carbons (Fsp3) is 0.0455. The summed E-state index contributed by atoms with van der Waals surface area (Å²) >= 11 is 0. The van der Waals surface area contributed by atoms with Crippen molar-refractivity contribution in [1.82, 2.24) is 4.98 Å². The minimum Gasteiger partial charge on any atom is -0.508 e. The number of aliphatic hydroxyl groups is 1. The monoisotopic (exact) mass is 329 g/mol. The molecule has 3 aromatic carbocycles. The molecule has 3 nitrogen and oxygen atoms in total. The number of fused-ring (bicyclic) bond motifs is 1. The van der Waals surface area contributed by atoms with Gasteiger partial charge in [0, 0.05) is 5.39 Å². The maximum atomic E-state index is 9.10. The summed E-state index contributed by atoms with van der Waals surface area (Å²) in [5.74, 6) is 0.305. The lowest BCUT2D eigenvalue weighted by molar-refractivity contribution is 0.277. The van der Waals surface area contributed by atoms with Crippen molar-refractivity contribution in [2.24, 2.45) is 0 Å². The Morgan fingerprint density at radius 3 is 2.00 bits per heavy atom. The first-order valence-corrected chi connectivity index (χ1v) is 8.06. The molecule has 0 amide bonds. The summed E-state index contributed by atoms with van der Waals surface area (Å²) in [4.78, 5) is 4.24. The van der Waals surface area contributed by atoms with Gasteiger partial charge in [-0.05, 0) is 35.4 Å². The van der Waals surface area contributed by atoms with Crippen LogP contribution in [0.3, 0.4) is 0 Å². The van der Waals surface area contributed by atoms with Crippen molar-refractivity contribution in [1.29, 1.82) is 0 Å². The molecule has 4 aromatic rings. The lowest BCUT2D eigenvalue weighted by Crippen LogP contribution is -1.88. The van der Waals surface area contributed by atoms with E-state index in [2.05, 4.69) is 4.98 Å². The number of pyridine rings is 1. The first kappa shape index (κ1) is 16.7. The molecule has 1 heterocycles. The number of phenolic OH excluding ortho intramolecular Hbond substituents is 1. The fourth-order valence-corrected chi connectivity index (χ4v) is 2.48. The number of benzene rings is 3. The van der Waals surface area contributed by atoms with Gasteiger partial charge >= 0.3 is 0 Å². The van der Waals surface area contributed by atoms with Gasteiger partial charge in [0.2, 0.25) is 0 Å². The topological polar surface area (TPSA) is 53.4 Å². The van der Waals surface area contributed by atoms with Gasteiger partial charge in [-0.3, -0.25) is 4.98 Å². The van der Waals surface area contributed by atoms with Gasteiger partial charge in [-0.15, -0.1) is 0 Å². The Kier molecular flexibility index (Phi) is 5.39. The molecule has 1 aromatic heterocycles. The van der Waals surface area contributed by atoms with Crippen LogP contribution in [-0.4, -0.2) is 15.2 Å². The summed E-state index contributed by atoms with van der Waals surface area (Å²) in [6.07, 6.45) is 0. The third kappa shape index (κ3) is 4.43. The molecule has 0 radical (unpaired) electrons. The molecular weight excluding hydrogens is 310 g/mol. The third-order valence-corrected chi connectivity index (χ3v) is 3.79. The second-order valence-corrected chi connectivity index (χ2v) is 5.57. The maximum absolute atomic E-state index is 9.10. The SMILES string of the molecule is OCc1ccc2ccccc2n1.Oc1ccc(-c2ccccc2)cc1. The fourth-order valence-electron chi connectivity index (χ4n) is 2.48. The van der Waals surface area contributed by atoms with Crippen LogP contribution >= 0.6 is 0 Å². The van der Waals surface area contributed by atoms with E-state index in [4.69, 9.17) is 10.2 Å². The summed E-state index contributed by atoms with van der Waals surface area (Å²) in [7, 11) is 0. The van der Waals surface area contributed by atoms with Crippen LogP contribution in [0.4, 0.5) is 0 Å². The smallest absolute Gasteiger partial charge is 0.115 e. The number of aliphatic hydroxyl groups excluding tert-OH is 1. The highest BCUT2D eigenvalue weighted by molar-refractivity contribution is 5.78. The van der Waals surface area contributed by atoms with E-state index in [1.807, 2.05) is 78.9 Å². The van der Waals surface area contributed by atoms with E-state index in [-0.39, 0.29) is 6.61 Å². The number of aromatic hydroxyl groups is 1. The van der Waals surface area contributed by atoms with Crippen LogP contribution in [0.1, 0.15) is 5.69 Å². The van der Waals surface area contributed by atoms with Crippen LogP contribution < -0.4 is 0 Å². The zero-order valence-corrected chi connectivity index (χ0v) is 13.7. The number of hydrogen-bond donors (Lipinski definition) is 2. The Balaban J connectivity index is 0.000000146. The van der Waals surface area contributed by atoms with Crippen LogP contribution in [0.2, 0.25) is 0 Å². The molecule has 0 unspecified atom stereocenters. The minimum atomic E-state index is 0.00480. The van der Waals surface area contributed by atoms with Gasteiger partial charge < -0.3 is 10.2 Å². The summed E-state index contributed by atoms with van der Waals surface area (Å²) in [5.41, 5.74) is 3.94. The van der Waals surface area contributed by atoms with Crippen LogP contribution in [0.5, 0.6) is 5.75 Å². The van der Waals surface area contributed by atoms with Crippen molar-refractivity contribution >= 4 is 10.9 Å². The van der Waals surface area contributed by atoms with E-state index >= 15 is 0 Å². The average Bonchev–Trinajstić information content (AvgIpc) is 2.69. The van der Waals surface area contributed by atoms with Crippen molar-refractivity contribution in [2.75, 3.05) is 0 Å². The lowest BCUT2D eigenvalue weighted by Gasteiger charge is -2.00. The van der Waals surface area contributed by atoms with Crippen LogP contribution in [0.15, 0.2) is 91.0 Å². The number of phenols is 1. The van der Waals surface area contributed by atoms with Crippen molar-refractivity contribution < 1.29 is 10.2 Å². The van der Waals surface area contributed by atoms with E-state index < -0.39 is 0 Å². The minimum absolute atomic E-state index is 0.00480. The van der Waals surface area contributed by atoms with Crippen molar-refractivity contribution in [3.05, 3.63) is 96.7 Å². The van der Waals surface area contributed by atoms with E-state index in [1.165, 1.54) is 5.56 Å². The molecule has 25 heavy (non-hydrogen) atoms. The van der Waals surface area contributed by atoms with E-state index in [1.54, 1.807) is 12.1 Å². The molecule has 124 valence electrons. The normalized spacial score (nSPS) is 10.1. The quantitative estimate of drug-likeness (QED) is 0.556. The summed E-state index contributed by atoms with van der Waals surface area (Å²) in [6.45, 7) is 0.00480. The Hall–Kier alpha value is -3.17. The first-order chi connectivity index (χ1) is 12.3. The second kappa shape index (κ2) is 8.08. The molecule has 4 rings (SSSR count). The van der Waals surface area contributed by atoms with Gasteiger partial charge in [-0.1, -0.05) is 66.7 Å². The molecule has 0 saturated carbocycles. The molecule has 0 aliphatic carbocycles. The summed E-state index contributed by atoms with van der Waals surface area (Å²) in [5, 5.41) is 19.0. The number of para-hydroxylation sites is 1. The highest BCUT2D eigenvalue weighted by atomic mass is 16.3. The lowest BCUT2D eigenvalue weighted by atomic mass is 10.1. The maximum Gasteiger partial charge on any atom is 0.115 e. The molecule has 0 fully saturated rings. The van der Waals surface area contributed by atoms with Gasteiger partial charge in [0.15, 0.2) is 0 Å². The summed E-state index contributed by atoms with van der Waals surface area (Å²) in [6, 6.07) is 29.0. The molecule has 0 bridgehead atoms. The number of rotatable bonds is 2. The molecule has 3 heteroatoms. The molecule has 0 saturated heterocycles. The Labute approximate surface area is 146 Å². The highest BCUT2D eigenvalue weighted by Crippen LogP contribution is 2.20. The predicted octanol–water partition coefficient (Wildman–Crippen LogP) is 4.79. The van der Waals surface area contributed by atoms with Crippen LogP contribution in [0.25, 0.3) is 22.0 Å². The second-order valence-electron chi connectivity index (χ2n) is 5.57. The number of hydrogen-bond acceptors (Lipinski definition) is 3. The third-order valence-electron chi connectivity index (χ3n) is 3.79. The molecule has 0 aliphatic rings. The molecular formula is C22H19NO2. The van der Waals surface area contributed by atoms with Gasteiger partial charge in [0.05, 0.1) is 17.8 Å². The van der Waals surface area contributed by atoms with Crippen LogP contribution in [-0.2, 0) is 6.61 Å². The molecule has 2 N–H and O–H groups in total. The predicted molar refractivity (Wildman–Crippen MR) is 101 cm³/mol. The molecule has 0 aliphatic heterocycles. The van der Waals surface area contributed by atoms with E-state index in [9.17, 15) is 0 Å². The standard InChI is InChI=1S/C12H10O.C10H9NO/c13-12-8-6-11(7-9-12)10-4-2-1-3-5-10;12-7-9-6-5-8-3-1-2-4-10(8)11-9/h1-9,13H;1-6,12H,7H2. The summed E-state index contributed by atoms with van der Waals surface area (Å²) < 4.78 is 0. The van der Waals surface area contributed by atoms with Gasteiger partial charge in [-0.2, -0.15) is 0 Å². The van der Waals surface area contributed by atoms with Crippen molar-refractivity contribution in [3.8, 4) is 16.9 Å². The molecule has 0 atom stereocenters. The van der Waals surface area contributed by atoms with Crippen LogP contribution in [0, 0.1) is 0 Å². The number of aromatic nitrogens is 1. The largest absolute Gasteiger partial charge is 0.508 e. The Bertz CT molecular complexity index is 935. The average molecular weight is 329 g/mol. The highest BCUT2D eigenvalue weighted by Gasteiger charge is 1.95. The van der Waals surface area contributed by atoms with Gasteiger partial charge in [0.25, 0.3) is 0 Å². The molecule has 0 spiro atoms. The van der Waals surface area contributed by atoms with Gasteiger partial charge in [-0.25, -0.2) is 0 Å². The zero-order chi connectivity index (χ0) is 17.5. The van der Waals surface area contributed by atoms with E-state index in [0.29, 0.717) is 11.4 Å². The van der Waals surface area contributed by atoms with Crippen molar-refractivity contribution in [2.45, 2.75) is 6.61 Å². The Morgan fingerprint density at radius 2 is 1.28 bits per heavy atom. The number of nitrogens with zero attached hydrogens (tertiary/aromatic N) is 1. The Morgan fingerprint density at radius 1 is 0.640 bits per heavy atom. The van der Waals surface area contributed by atoms with E-state index in [0.717, 1.165) is 16.5 Å². The van der Waals surface area contributed by atoms with Crippen molar-refractivity contribution in [3.63, 3.8) is 0 Å². The first-order valence-electron chi connectivity index (χ1n) is 8.06.